The van der Waals surface area contributed by atoms with E-state index in [1.807, 2.05) is 0 Å². The van der Waals surface area contributed by atoms with Crippen LogP contribution in [0.4, 0.5) is 0 Å². The third-order valence-electron chi connectivity index (χ3n) is 4.23. The normalized spacial score (nSPS) is 25.0. The number of hydrogen-bond acceptors (Lipinski definition) is 4. The van der Waals surface area contributed by atoms with E-state index >= 15 is 0 Å². The Morgan fingerprint density at radius 1 is 1.50 bits per heavy atom. The molecule has 1 atom stereocenters. The van der Waals surface area contributed by atoms with Gasteiger partial charge in [-0.15, -0.1) is 0 Å². The average molecular weight is 249 g/mol. The Hall–Kier alpha value is -1.43. The summed E-state index contributed by atoms with van der Waals surface area (Å²) < 4.78 is 0. The van der Waals surface area contributed by atoms with Gasteiger partial charge >= 0.3 is 0 Å². The third-order valence-corrected chi connectivity index (χ3v) is 4.23. The largest absolute Gasteiger partial charge is 0.355 e. The molecule has 6 nitrogen and oxygen atoms in total. The SMILES string of the molecule is O=C(NCCc1ncn[nH]1)C1CC12CCNCC2. The number of H-pyrrole nitrogens is 1. The molecule has 1 unspecified atom stereocenters. The van der Waals surface area contributed by atoms with E-state index in [2.05, 4.69) is 25.8 Å². The van der Waals surface area contributed by atoms with E-state index < -0.39 is 0 Å². The zero-order valence-electron chi connectivity index (χ0n) is 10.4. The molecule has 3 N–H and O–H groups in total. The van der Waals surface area contributed by atoms with Gasteiger partial charge in [0.05, 0.1) is 0 Å². The minimum absolute atomic E-state index is 0.219. The Bertz CT molecular complexity index is 410. The van der Waals surface area contributed by atoms with Crippen molar-refractivity contribution in [1.29, 1.82) is 0 Å². The van der Waals surface area contributed by atoms with E-state index in [4.69, 9.17) is 0 Å². The van der Waals surface area contributed by atoms with Gasteiger partial charge < -0.3 is 10.6 Å². The van der Waals surface area contributed by atoms with Gasteiger partial charge in [-0.1, -0.05) is 0 Å². The zero-order valence-corrected chi connectivity index (χ0v) is 10.4. The van der Waals surface area contributed by atoms with Crippen LogP contribution >= 0.6 is 0 Å². The molecule has 1 saturated heterocycles. The molecule has 0 radical (unpaired) electrons. The summed E-state index contributed by atoms with van der Waals surface area (Å²) in [6, 6.07) is 0. The number of rotatable bonds is 4. The van der Waals surface area contributed by atoms with Gasteiger partial charge in [-0.25, -0.2) is 4.98 Å². The molecule has 0 aromatic carbocycles. The number of nitrogens with one attached hydrogen (secondary N) is 3. The number of carbonyl (C=O) groups is 1. The maximum absolute atomic E-state index is 12.0. The lowest BCUT2D eigenvalue weighted by molar-refractivity contribution is -0.123. The summed E-state index contributed by atoms with van der Waals surface area (Å²) in [5, 5.41) is 12.9. The second-order valence-corrected chi connectivity index (χ2v) is 5.34. The number of carbonyl (C=O) groups excluding carboxylic acids is 1. The van der Waals surface area contributed by atoms with Gasteiger partial charge in [0.15, 0.2) is 0 Å². The van der Waals surface area contributed by atoms with Crippen molar-refractivity contribution in [3.63, 3.8) is 0 Å². The summed E-state index contributed by atoms with van der Waals surface area (Å²) in [5.41, 5.74) is 0.321. The number of aromatic amines is 1. The van der Waals surface area contributed by atoms with Crippen molar-refractivity contribution in [2.45, 2.75) is 25.7 Å². The van der Waals surface area contributed by atoms with Gasteiger partial charge in [0, 0.05) is 18.9 Å². The summed E-state index contributed by atoms with van der Waals surface area (Å²) >= 11 is 0. The van der Waals surface area contributed by atoms with E-state index in [1.165, 1.54) is 6.33 Å². The lowest BCUT2D eigenvalue weighted by Gasteiger charge is -2.23. The number of piperidine rings is 1. The maximum atomic E-state index is 12.0. The molecule has 18 heavy (non-hydrogen) atoms. The molecular formula is C12H19N5O. The first kappa shape index (κ1) is 11.6. The molecular weight excluding hydrogens is 230 g/mol. The Balaban J connectivity index is 1.43. The fourth-order valence-electron chi connectivity index (χ4n) is 2.97. The molecule has 3 rings (SSSR count). The van der Waals surface area contributed by atoms with Crippen LogP contribution in [0.1, 0.15) is 25.1 Å². The van der Waals surface area contributed by atoms with Crippen LogP contribution in [-0.2, 0) is 11.2 Å². The second-order valence-electron chi connectivity index (χ2n) is 5.34. The quantitative estimate of drug-likeness (QED) is 0.693. The monoisotopic (exact) mass is 249 g/mol. The van der Waals surface area contributed by atoms with Crippen molar-refractivity contribution >= 4 is 5.91 Å². The van der Waals surface area contributed by atoms with Gasteiger partial charge in [0.1, 0.15) is 12.2 Å². The Morgan fingerprint density at radius 3 is 3.06 bits per heavy atom. The average Bonchev–Trinajstić information content (AvgIpc) is 2.85. The second kappa shape index (κ2) is 4.68. The lowest BCUT2D eigenvalue weighted by atomic mass is 9.92. The third kappa shape index (κ3) is 2.25. The standard InChI is InChI=1S/C12H19N5O/c18-11(14-4-1-10-15-8-16-17-10)9-7-12(9)2-5-13-6-3-12/h8-9,13H,1-7H2,(H,14,18)(H,15,16,17). The molecule has 2 aliphatic rings. The van der Waals surface area contributed by atoms with Crippen molar-refractivity contribution in [3.8, 4) is 0 Å². The van der Waals surface area contributed by atoms with Gasteiger partial charge in [-0.2, -0.15) is 5.10 Å². The van der Waals surface area contributed by atoms with Crippen molar-refractivity contribution in [2.24, 2.45) is 11.3 Å². The molecule has 1 amide bonds. The molecule has 98 valence electrons. The van der Waals surface area contributed by atoms with Gasteiger partial charge in [-0.05, 0) is 37.8 Å². The van der Waals surface area contributed by atoms with Crippen LogP contribution in [0, 0.1) is 11.3 Å². The summed E-state index contributed by atoms with van der Waals surface area (Å²) in [6.45, 7) is 2.75. The maximum Gasteiger partial charge on any atom is 0.223 e. The zero-order chi connectivity index (χ0) is 12.4. The lowest BCUT2D eigenvalue weighted by Crippen LogP contribution is -2.34. The Kier molecular flexibility index (Phi) is 3.03. The van der Waals surface area contributed by atoms with Crippen LogP contribution in [-0.4, -0.2) is 40.7 Å². The minimum Gasteiger partial charge on any atom is -0.355 e. The number of amides is 1. The molecule has 1 aliphatic carbocycles. The first-order valence-electron chi connectivity index (χ1n) is 6.63. The number of aromatic nitrogens is 3. The highest BCUT2D eigenvalue weighted by Gasteiger charge is 2.57. The van der Waals surface area contributed by atoms with Gasteiger partial charge in [-0.3, -0.25) is 9.89 Å². The van der Waals surface area contributed by atoms with E-state index in [-0.39, 0.29) is 11.8 Å². The fraction of sp³-hybridized carbons (Fsp3) is 0.750. The van der Waals surface area contributed by atoms with Crippen molar-refractivity contribution < 1.29 is 4.79 Å². The summed E-state index contributed by atoms with van der Waals surface area (Å²) in [7, 11) is 0. The fourth-order valence-corrected chi connectivity index (χ4v) is 2.97. The number of nitrogens with zero attached hydrogens (tertiary/aromatic N) is 2. The topological polar surface area (TPSA) is 82.7 Å². The van der Waals surface area contributed by atoms with Crippen LogP contribution in [0.2, 0.25) is 0 Å². The van der Waals surface area contributed by atoms with E-state index in [1.54, 1.807) is 0 Å². The van der Waals surface area contributed by atoms with Crippen LogP contribution in [0.25, 0.3) is 0 Å². The van der Waals surface area contributed by atoms with Crippen LogP contribution in [0.3, 0.4) is 0 Å². The molecule has 1 aromatic rings. The molecule has 6 heteroatoms. The highest BCUT2D eigenvalue weighted by molar-refractivity contribution is 5.82. The molecule has 1 aromatic heterocycles. The summed E-state index contributed by atoms with van der Waals surface area (Å²) in [4.78, 5) is 16.1. The molecule has 1 aliphatic heterocycles. The highest BCUT2D eigenvalue weighted by atomic mass is 16.2. The van der Waals surface area contributed by atoms with Gasteiger partial charge in [0.2, 0.25) is 5.91 Å². The Morgan fingerprint density at radius 2 is 2.33 bits per heavy atom. The predicted octanol–water partition coefficient (Wildman–Crippen LogP) is -0.147. The highest BCUT2D eigenvalue weighted by Crippen LogP contribution is 2.58. The molecule has 0 bridgehead atoms. The molecule has 1 spiro atoms. The van der Waals surface area contributed by atoms with Crippen LogP contribution < -0.4 is 10.6 Å². The van der Waals surface area contributed by atoms with E-state index in [0.29, 0.717) is 18.4 Å². The summed E-state index contributed by atoms with van der Waals surface area (Å²) in [5.74, 6) is 1.29. The van der Waals surface area contributed by atoms with Crippen molar-refractivity contribution in [3.05, 3.63) is 12.2 Å². The minimum atomic E-state index is 0.219. The Labute approximate surface area is 106 Å². The molecule has 2 heterocycles. The van der Waals surface area contributed by atoms with E-state index in [9.17, 15) is 4.79 Å². The van der Waals surface area contributed by atoms with Crippen LogP contribution in [0.15, 0.2) is 6.33 Å². The van der Waals surface area contributed by atoms with Crippen molar-refractivity contribution in [1.82, 2.24) is 25.8 Å². The van der Waals surface area contributed by atoms with E-state index in [0.717, 1.165) is 38.2 Å². The smallest absolute Gasteiger partial charge is 0.223 e. The summed E-state index contributed by atoms with van der Waals surface area (Å²) in [6.07, 6.45) is 5.57. The van der Waals surface area contributed by atoms with Crippen LogP contribution in [0.5, 0.6) is 0 Å². The molecule has 2 fully saturated rings. The van der Waals surface area contributed by atoms with Gasteiger partial charge in [0.25, 0.3) is 0 Å². The van der Waals surface area contributed by atoms with Crippen molar-refractivity contribution in [2.75, 3.05) is 19.6 Å². The number of hydrogen-bond donors (Lipinski definition) is 3. The first-order chi connectivity index (χ1) is 8.80. The first-order valence-corrected chi connectivity index (χ1v) is 6.63. The molecule has 1 saturated carbocycles. The predicted molar refractivity (Wildman–Crippen MR) is 65.7 cm³/mol.